The fraction of sp³-hybridized carbons (Fsp3) is 0. The first kappa shape index (κ1) is 13.5. The van der Waals surface area contributed by atoms with Crippen LogP contribution in [0.1, 0.15) is 9.67 Å². The molecule has 0 unspecified atom stereocenters. The van der Waals surface area contributed by atoms with Crippen molar-refractivity contribution in [1.29, 1.82) is 10.5 Å². The Morgan fingerprint density at radius 3 is 2.65 bits per heavy atom. The van der Waals surface area contributed by atoms with Crippen LogP contribution in [0.5, 0.6) is 0 Å². The molecule has 0 aliphatic carbocycles. The highest BCUT2D eigenvalue weighted by atomic mass is 32.1. The van der Waals surface area contributed by atoms with E-state index in [2.05, 4.69) is 6.58 Å². The van der Waals surface area contributed by atoms with Gasteiger partial charge in [0.2, 0.25) is 5.78 Å². The molecule has 96 valence electrons. The van der Waals surface area contributed by atoms with Crippen molar-refractivity contribution in [2.45, 2.75) is 0 Å². The second kappa shape index (κ2) is 5.83. The normalized spacial score (nSPS) is 12.7. The molecule has 0 bridgehead atoms. The molecule has 1 aliphatic rings. The van der Waals surface area contributed by atoms with Crippen LogP contribution in [0.25, 0.3) is 0 Å². The minimum atomic E-state index is -0.229. The molecule has 0 spiro atoms. The molecule has 1 aliphatic heterocycles. The van der Waals surface area contributed by atoms with Gasteiger partial charge in [-0.3, -0.25) is 4.79 Å². The Balaban J connectivity index is 2.39. The van der Waals surface area contributed by atoms with Crippen molar-refractivity contribution < 1.29 is 4.79 Å². The maximum Gasteiger partial charge on any atom is 0.219 e. The highest BCUT2D eigenvalue weighted by molar-refractivity contribution is 7.12. The van der Waals surface area contributed by atoms with Gasteiger partial charge in [0.1, 0.15) is 12.1 Å². The third-order valence-corrected chi connectivity index (χ3v) is 3.51. The fourth-order valence-corrected chi connectivity index (χ4v) is 2.37. The van der Waals surface area contributed by atoms with E-state index in [4.69, 9.17) is 10.5 Å². The van der Waals surface area contributed by atoms with Gasteiger partial charge in [-0.25, -0.2) is 0 Å². The number of thiophene rings is 1. The lowest BCUT2D eigenvalue weighted by molar-refractivity contribution is 0.101. The first-order valence-electron chi connectivity index (χ1n) is 5.64. The van der Waals surface area contributed by atoms with E-state index in [-0.39, 0.29) is 17.1 Å². The van der Waals surface area contributed by atoms with Gasteiger partial charge in [-0.15, -0.1) is 11.3 Å². The Morgan fingerprint density at radius 1 is 1.30 bits per heavy atom. The van der Waals surface area contributed by atoms with Crippen molar-refractivity contribution >= 4 is 17.1 Å². The standard InChI is InChI=1S/C15H9N3OS/c1-11(15(19)14-6-4-8-20-14)18-7-3-2-5-13(18)12(9-16)10-17/h2-8H,1H2. The number of carbonyl (C=O) groups excluding carboxylic acids is 1. The third-order valence-electron chi connectivity index (χ3n) is 2.64. The summed E-state index contributed by atoms with van der Waals surface area (Å²) in [4.78, 5) is 14.3. The van der Waals surface area contributed by atoms with Gasteiger partial charge >= 0.3 is 0 Å². The number of carbonyl (C=O) groups is 1. The highest BCUT2D eigenvalue weighted by Crippen LogP contribution is 2.24. The summed E-state index contributed by atoms with van der Waals surface area (Å²) in [6.07, 6.45) is 6.62. The van der Waals surface area contributed by atoms with Crippen LogP contribution in [-0.2, 0) is 0 Å². The van der Waals surface area contributed by atoms with Crippen LogP contribution in [0.3, 0.4) is 0 Å². The molecule has 4 nitrogen and oxygen atoms in total. The van der Waals surface area contributed by atoms with Crippen molar-refractivity contribution in [2.24, 2.45) is 0 Å². The number of hydrogen-bond donors (Lipinski definition) is 0. The molecule has 1 aromatic heterocycles. The zero-order valence-corrected chi connectivity index (χ0v) is 11.2. The predicted molar refractivity (Wildman–Crippen MR) is 76.2 cm³/mol. The van der Waals surface area contributed by atoms with Crippen molar-refractivity contribution in [3.63, 3.8) is 0 Å². The Kier molecular flexibility index (Phi) is 3.95. The van der Waals surface area contributed by atoms with Gasteiger partial charge in [-0.1, -0.05) is 18.7 Å². The number of nitrogens with zero attached hydrogens (tertiary/aromatic N) is 3. The smallest absolute Gasteiger partial charge is 0.219 e. The molecule has 0 saturated carbocycles. The summed E-state index contributed by atoms with van der Waals surface area (Å²) in [7, 11) is 0. The monoisotopic (exact) mass is 279 g/mol. The molecule has 0 amide bonds. The number of nitriles is 2. The van der Waals surface area contributed by atoms with Crippen LogP contribution in [0, 0.1) is 22.7 Å². The predicted octanol–water partition coefficient (Wildman–Crippen LogP) is 3.13. The zero-order valence-electron chi connectivity index (χ0n) is 10.4. The fourth-order valence-electron chi connectivity index (χ4n) is 1.68. The summed E-state index contributed by atoms with van der Waals surface area (Å²) in [5.41, 5.74) is 0.490. The summed E-state index contributed by atoms with van der Waals surface area (Å²) in [5, 5.41) is 19.8. The molecule has 0 N–H and O–H groups in total. The van der Waals surface area contributed by atoms with Crippen LogP contribution in [0.15, 0.2) is 65.5 Å². The van der Waals surface area contributed by atoms with Gasteiger partial charge in [0, 0.05) is 6.20 Å². The Hall–Kier alpha value is -2.89. The van der Waals surface area contributed by atoms with Crippen molar-refractivity contribution in [3.8, 4) is 12.1 Å². The van der Waals surface area contributed by atoms with E-state index in [1.54, 1.807) is 41.9 Å². The SMILES string of the molecule is C=C(C(=O)c1cccs1)N1C=CC=CC1=C(C#N)C#N. The molecular formula is C15H9N3OS. The van der Waals surface area contributed by atoms with Crippen LogP contribution < -0.4 is 0 Å². The van der Waals surface area contributed by atoms with E-state index in [9.17, 15) is 4.79 Å². The Labute approximate surface area is 120 Å². The van der Waals surface area contributed by atoms with E-state index < -0.39 is 0 Å². The minimum absolute atomic E-state index is 0.0641. The second-order valence-electron chi connectivity index (χ2n) is 3.81. The lowest BCUT2D eigenvalue weighted by Gasteiger charge is -2.24. The number of allylic oxidation sites excluding steroid dienone is 5. The van der Waals surface area contributed by atoms with Gasteiger partial charge in [0.05, 0.1) is 16.3 Å². The summed E-state index contributed by atoms with van der Waals surface area (Å²) in [5.74, 6) is -0.229. The van der Waals surface area contributed by atoms with Crippen LogP contribution in [0.4, 0.5) is 0 Å². The number of ketones is 1. The molecule has 20 heavy (non-hydrogen) atoms. The van der Waals surface area contributed by atoms with Crippen LogP contribution in [-0.4, -0.2) is 10.7 Å². The van der Waals surface area contributed by atoms with Crippen LogP contribution in [0.2, 0.25) is 0 Å². The molecule has 5 heteroatoms. The van der Waals surface area contributed by atoms with Crippen molar-refractivity contribution in [3.05, 3.63) is 70.4 Å². The zero-order chi connectivity index (χ0) is 14.5. The molecule has 2 rings (SSSR count). The maximum absolute atomic E-state index is 12.3. The molecule has 0 radical (unpaired) electrons. The summed E-state index contributed by atoms with van der Waals surface area (Å²) in [6, 6.07) is 7.13. The molecule has 0 atom stereocenters. The summed E-state index contributed by atoms with van der Waals surface area (Å²) in [6.45, 7) is 3.78. The second-order valence-corrected chi connectivity index (χ2v) is 4.76. The van der Waals surface area contributed by atoms with E-state index in [0.29, 0.717) is 10.6 Å². The minimum Gasteiger partial charge on any atom is -0.312 e. The summed E-state index contributed by atoms with van der Waals surface area (Å²) < 4.78 is 0. The molecule has 0 saturated heterocycles. The summed E-state index contributed by atoms with van der Waals surface area (Å²) >= 11 is 1.32. The van der Waals surface area contributed by atoms with E-state index >= 15 is 0 Å². The van der Waals surface area contributed by atoms with E-state index in [0.717, 1.165) is 0 Å². The largest absolute Gasteiger partial charge is 0.312 e. The van der Waals surface area contributed by atoms with Gasteiger partial charge in [-0.05, 0) is 23.6 Å². The highest BCUT2D eigenvalue weighted by Gasteiger charge is 2.21. The average molecular weight is 279 g/mol. The Bertz CT molecular complexity index is 708. The number of rotatable bonds is 3. The average Bonchev–Trinajstić information content (AvgIpc) is 3.02. The van der Waals surface area contributed by atoms with E-state index in [1.807, 2.05) is 12.1 Å². The number of Topliss-reactive ketones (excluding diaryl/α,β-unsaturated/α-hetero) is 1. The van der Waals surface area contributed by atoms with Gasteiger partial charge < -0.3 is 4.90 Å². The van der Waals surface area contributed by atoms with Gasteiger partial charge in [0.25, 0.3) is 0 Å². The molecule has 0 fully saturated rings. The lowest BCUT2D eigenvalue weighted by Crippen LogP contribution is -2.22. The molecule has 1 aromatic rings. The topological polar surface area (TPSA) is 67.9 Å². The third kappa shape index (κ3) is 2.44. The van der Waals surface area contributed by atoms with Gasteiger partial charge in [0.15, 0.2) is 5.57 Å². The van der Waals surface area contributed by atoms with Crippen molar-refractivity contribution in [2.75, 3.05) is 0 Å². The maximum atomic E-state index is 12.3. The molecule has 0 aromatic carbocycles. The first-order valence-corrected chi connectivity index (χ1v) is 6.52. The van der Waals surface area contributed by atoms with Crippen molar-refractivity contribution in [1.82, 2.24) is 4.90 Å². The lowest BCUT2D eigenvalue weighted by atomic mass is 10.1. The quantitative estimate of drug-likeness (QED) is 0.484. The Morgan fingerprint density at radius 2 is 2.05 bits per heavy atom. The number of hydrogen-bond acceptors (Lipinski definition) is 5. The first-order chi connectivity index (χ1) is 9.69. The van der Waals surface area contributed by atoms with E-state index in [1.165, 1.54) is 16.2 Å². The van der Waals surface area contributed by atoms with Gasteiger partial charge in [-0.2, -0.15) is 10.5 Å². The van der Waals surface area contributed by atoms with Crippen LogP contribution >= 0.6 is 11.3 Å². The molecule has 2 heterocycles. The molecular weight excluding hydrogens is 270 g/mol.